The van der Waals surface area contributed by atoms with Crippen LogP contribution in [0.1, 0.15) is 16.8 Å². The molecule has 0 bridgehead atoms. The molecule has 2 aromatic rings. The molecule has 0 spiro atoms. The van der Waals surface area contributed by atoms with E-state index in [4.69, 9.17) is 0 Å². The van der Waals surface area contributed by atoms with E-state index in [1.165, 1.54) is 10.6 Å². The van der Waals surface area contributed by atoms with Crippen LogP contribution in [0.3, 0.4) is 0 Å². The molecule has 3 rings (SSSR count). The standard InChI is InChI=1S/C15H16N2O4S/c1-17-13-5-3-2-4-11(13)12(8-14(17)18)15(19)16-10-6-7-22(20,21)9-10/h2-5,8,10H,6-7,9H2,1H3,(H,16,19). The summed E-state index contributed by atoms with van der Waals surface area (Å²) in [6.07, 6.45) is 0.414. The number of nitrogens with one attached hydrogen (secondary N) is 1. The molecule has 7 heteroatoms. The lowest BCUT2D eigenvalue weighted by atomic mass is 10.1. The van der Waals surface area contributed by atoms with E-state index in [0.29, 0.717) is 17.3 Å². The SMILES string of the molecule is Cn1c(=O)cc(C(=O)NC2CCS(=O)(=O)C2)c2ccccc21. The lowest BCUT2D eigenvalue weighted by Crippen LogP contribution is -2.36. The second-order valence-electron chi connectivity index (χ2n) is 5.55. The molecule has 0 saturated carbocycles. The average Bonchev–Trinajstić information content (AvgIpc) is 2.81. The number of rotatable bonds is 2. The summed E-state index contributed by atoms with van der Waals surface area (Å²) in [5.41, 5.74) is 0.671. The number of carbonyl (C=O) groups is 1. The van der Waals surface area contributed by atoms with E-state index in [-0.39, 0.29) is 28.7 Å². The van der Waals surface area contributed by atoms with Gasteiger partial charge in [0, 0.05) is 24.5 Å². The third-order valence-corrected chi connectivity index (χ3v) is 5.73. The number of nitrogens with zero attached hydrogens (tertiary/aromatic N) is 1. The van der Waals surface area contributed by atoms with Crippen LogP contribution in [0.4, 0.5) is 0 Å². The number of benzene rings is 1. The van der Waals surface area contributed by atoms with Crippen LogP contribution >= 0.6 is 0 Å². The number of hydrogen-bond acceptors (Lipinski definition) is 4. The van der Waals surface area contributed by atoms with Crippen molar-refractivity contribution in [1.82, 2.24) is 9.88 Å². The van der Waals surface area contributed by atoms with Crippen molar-refractivity contribution < 1.29 is 13.2 Å². The largest absolute Gasteiger partial charge is 0.348 e. The quantitative estimate of drug-likeness (QED) is 0.871. The molecular weight excluding hydrogens is 304 g/mol. The Morgan fingerprint density at radius 1 is 1.32 bits per heavy atom. The summed E-state index contributed by atoms with van der Waals surface area (Å²) in [4.78, 5) is 24.4. The van der Waals surface area contributed by atoms with Gasteiger partial charge < -0.3 is 9.88 Å². The number of amides is 1. The molecule has 22 heavy (non-hydrogen) atoms. The zero-order valence-corrected chi connectivity index (χ0v) is 12.9. The molecule has 1 aliphatic heterocycles. The van der Waals surface area contributed by atoms with Crippen molar-refractivity contribution in [3.63, 3.8) is 0 Å². The molecule has 0 radical (unpaired) electrons. The Kier molecular flexibility index (Phi) is 3.52. The molecule has 1 fully saturated rings. The van der Waals surface area contributed by atoms with Crippen LogP contribution in [0.25, 0.3) is 10.9 Å². The van der Waals surface area contributed by atoms with Crippen molar-refractivity contribution >= 4 is 26.6 Å². The van der Waals surface area contributed by atoms with E-state index in [9.17, 15) is 18.0 Å². The number of sulfone groups is 1. The highest BCUT2D eigenvalue weighted by Gasteiger charge is 2.29. The number of hydrogen-bond donors (Lipinski definition) is 1. The first kappa shape index (κ1) is 14.8. The van der Waals surface area contributed by atoms with Crippen LogP contribution in [0.2, 0.25) is 0 Å². The van der Waals surface area contributed by atoms with E-state index in [0.717, 1.165) is 0 Å². The van der Waals surface area contributed by atoms with Crippen molar-refractivity contribution in [3.8, 4) is 0 Å². The molecule has 0 aliphatic carbocycles. The van der Waals surface area contributed by atoms with Gasteiger partial charge in [-0.2, -0.15) is 0 Å². The lowest BCUT2D eigenvalue weighted by molar-refractivity contribution is 0.0942. The van der Waals surface area contributed by atoms with E-state index in [2.05, 4.69) is 5.32 Å². The van der Waals surface area contributed by atoms with Gasteiger partial charge in [-0.1, -0.05) is 18.2 Å². The zero-order chi connectivity index (χ0) is 15.9. The van der Waals surface area contributed by atoms with Crippen molar-refractivity contribution in [1.29, 1.82) is 0 Å². The number of pyridine rings is 1. The summed E-state index contributed by atoms with van der Waals surface area (Å²) in [6.45, 7) is 0. The molecule has 1 amide bonds. The number of carbonyl (C=O) groups excluding carboxylic acids is 1. The molecule has 1 aromatic carbocycles. The van der Waals surface area contributed by atoms with Gasteiger partial charge in [-0.05, 0) is 12.5 Å². The van der Waals surface area contributed by atoms with Crippen molar-refractivity contribution in [2.24, 2.45) is 7.05 Å². The van der Waals surface area contributed by atoms with Gasteiger partial charge in [0.2, 0.25) is 0 Å². The van der Waals surface area contributed by atoms with Gasteiger partial charge in [0.05, 0.1) is 22.6 Å². The van der Waals surface area contributed by atoms with Crippen LogP contribution in [-0.4, -0.2) is 36.4 Å². The lowest BCUT2D eigenvalue weighted by Gasteiger charge is -2.13. The topological polar surface area (TPSA) is 85.2 Å². The Balaban J connectivity index is 1.98. The molecule has 1 N–H and O–H groups in total. The maximum atomic E-state index is 12.4. The fourth-order valence-electron chi connectivity index (χ4n) is 2.77. The third kappa shape index (κ3) is 2.64. The maximum Gasteiger partial charge on any atom is 0.252 e. The highest BCUT2D eigenvalue weighted by Crippen LogP contribution is 2.17. The highest BCUT2D eigenvalue weighted by atomic mass is 32.2. The number of aromatic nitrogens is 1. The minimum atomic E-state index is -3.06. The summed E-state index contributed by atoms with van der Waals surface area (Å²) in [6, 6.07) is 8.04. The highest BCUT2D eigenvalue weighted by molar-refractivity contribution is 7.91. The van der Waals surface area contributed by atoms with E-state index >= 15 is 0 Å². The van der Waals surface area contributed by atoms with Crippen molar-refractivity contribution in [2.45, 2.75) is 12.5 Å². The predicted octanol–water partition coefficient (Wildman–Crippen LogP) is 0.455. The molecule has 116 valence electrons. The van der Waals surface area contributed by atoms with E-state index in [1.807, 2.05) is 0 Å². The summed E-state index contributed by atoms with van der Waals surface area (Å²) in [5, 5.41) is 3.39. The normalized spacial score (nSPS) is 20.1. The van der Waals surface area contributed by atoms with Crippen LogP contribution in [0, 0.1) is 0 Å². The number of aryl methyl sites for hydroxylation is 1. The average molecular weight is 320 g/mol. The molecule has 1 unspecified atom stereocenters. The number of para-hydroxylation sites is 1. The Hall–Kier alpha value is -2.15. The minimum absolute atomic E-state index is 0.0402. The second-order valence-corrected chi connectivity index (χ2v) is 7.77. The van der Waals surface area contributed by atoms with Gasteiger partial charge in [-0.15, -0.1) is 0 Å². The molecule has 1 aliphatic rings. The molecule has 1 atom stereocenters. The van der Waals surface area contributed by atoms with Crippen LogP contribution in [-0.2, 0) is 16.9 Å². The molecule has 2 heterocycles. The van der Waals surface area contributed by atoms with Gasteiger partial charge in [0.15, 0.2) is 9.84 Å². The fourth-order valence-corrected chi connectivity index (χ4v) is 4.44. The Bertz CT molecular complexity index is 915. The summed E-state index contributed by atoms with van der Waals surface area (Å²) in [7, 11) is -1.41. The van der Waals surface area contributed by atoms with Gasteiger partial charge in [0.1, 0.15) is 0 Å². The van der Waals surface area contributed by atoms with Gasteiger partial charge in [0.25, 0.3) is 11.5 Å². The van der Waals surface area contributed by atoms with Crippen molar-refractivity contribution in [2.75, 3.05) is 11.5 Å². The zero-order valence-electron chi connectivity index (χ0n) is 12.1. The first-order chi connectivity index (χ1) is 10.4. The van der Waals surface area contributed by atoms with Gasteiger partial charge >= 0.3 is 0 Å². The predicted molar refractivity (Wildman–Crippen MR) is 83.7 cm³/mol. The molecular formula is C15H16N2O4S. The van der Waals surface area contributed by atoms with E-state index < -0.39 is 15.7 Å². The molecule has 1 aromatic heterocycles. The number of fused-ring (bicyclic) bond motifs is 1. The van der Waals surface area contributed by atoms with Crippen LogP contribution < -0.4 is 10.9 Å². The Morgan fingerprint density at radius 2 is 2.05 bits per heavy atom. The molecule has 6 nitrogen and oxygen atoms in total. The van der Waals surface area contributed by atoms with Crippen molar-refractivity contribution in [3.05, 3.63) is 46.2 Å². The van der Waals surface area contributed by atoms with Gasteiger partial charge in [-0.25, -0.2) is 8.42 Å². The van der Waals surface area contributed by atoms with Gasteiger partial charge in [-0.3, -0.25) is 9.59 Å². The summed E-state index contributed by atoms with van der Waals surface area (Å²) >= 11 is 0. The fraction of sp³-hybridized carbons (Fsp3) is 0.333. The third-order valence-electron chi connectivity index (χ3n) is 3.97. The Morgan fingerprint density at radius 3 is 2.73 bits per heavy atom. The first-order valence-electron chi connectivity index (χ1n) is 6.97. The second kappa shape index (κ2) is 5.24. The first-order valence-corrected chi connectivity index (χ1v) is 8.79. The summed E-state index contributed by atoms with van der Waals surface area (Å²) in [5.74, 6) is -0.354. The minimum Gasteiger partial charge on any atom is -0.348 e. The maximum absolute atomic E-state index is 12.4. The Labute approximate surface area is 127 Å². The molecule has 1 saturated heterocycles. The van der Waals surface area contributed by atoms with Crippen LogP contribution in [0.15, 0.2) is 35.1 Å². The summed E-state index contributed by atoms with van der Waals surface area (Å²) < 4.78 is 24.4. The van der Waals surface area contributed by atoms with E-state index in [1.54, 1.807) is 31.3 Å². The monoisotopic (exact) mass is 320 g/mol. The van der Waals surface area contributed by atoms with Crippen LogP contribution in [0.5, 0.6) is 0 Å². The smallest absolute Gasteiger partial charge is 0.252 e.